The van der Waals surface area contributed by atoms with Crippen molar-refractivity contribution in [3.63, 3.8) is 0 Å². The standard InChI is InChI=1S/C13H12F3N3OS/c1-7-19-9(6-21-7)5-20-11-3-2-8(12(17)18)4-10(11)13(14,15)16/h2-4,6H,5H2,1H3,(H3,17,18). The largest absolute Gasteiger partial charge is 0.487 e. The number of benzene rings is 1. The number of nitrogen functional groups attached to an aromatic ring is 1. The number of thiazole rings is 1. The van der Waals surface area contributed by atoms with Crippen LogP contribution in [0, 0.1) is 12.3 Å². The van der Waals surface area contributed by atoms with Crippen molar-refractivity contribution >= 4 is 17.2 Å². The Morgan fingerprint density at radius 2 is 2.14 bits per heavy atom. The zero-order valence-electron chi connectivity index (χ0n) is 11.0. The highest BCUT2D eigenvalue weighted by Crippen LogP contribution is 2.37. The molecule has 1 aromatic carbocycles. The fraction of sp³-hybridized carbons (Fsp3) is 0.231. The SMILES string of the molecule is Cc1nc(COc2ccc(C(=N)N)cc2C(F)(F)F)cs1. The van der Waals surface area contributed by atoms with E-state index in [9.17, 15) is 13.2 Å². The first-order chi connectivity index (χ1) is 9.77. The minimum Gasteiger partial charge on any atom is -0.487 e. The number of amidine groups is 1. The lowest BCUT2D eigenvalue weighted by Gasteiger charge is -2.14. The van der Waals surface area contributed by atoms with E-state index >= 15 is 0 Å². The molecule has 0 saturated carbocycles. The van der Waals surface area contributed by atoms with Gasteiger partial charge < -0.3 is 10.5 Å². The van der Waals surface area contributed by atoms with Gasteiger partial charge in [0.05, 0.1) is 16.3 Å². The van der Waals surface area contributed by atoms with Crippen molar-refractivity contribution in [2.75, 3.05) is 0 Å². The second kappa shape index (κ2) is 5.72. The third kappa shape index (κ3) is 3.72. The van der Waals surface area contributed by atoms with E-state index in [2.05, 4.69) is 4.98 Å². The lowest BCUT2D eigenvalue weighted by atomic mass is 10.1. The van der Waals surface area contributed by atoms with E-state index in [1.54, 1.807) is 12.3 Å². The van der Waals surface area contributed by atoms with Crippen LogP contribution in [0.2, 0.25) is 0 Å². The van der Waals surface area contributed by atoms with Gasteiger partial charge in [-0.25, -0.2) is 4.98 Å². The van der Waals surface area contributed by atoms with Crippen molar-refractivity contribution in [1.82, 2.24) is 4.98 Å². The van der Waals surface area contributed by atoms with Crippen LogP contribution in [0.5, 0.6) is 5.75 Å². The van der Waals surface area contributed by atoms with Crippen molar-refractivity contribution < 1.29 is 17.9 Å². The molecule has 21 heavy (non-hydrogen) atoms. The molecule has 0 aliphatic carbocycles. The molecule has 0 bridgehead atoms. The number of aryl methyl sites for hydroxylation is 1. The molecule has 4 nitrogen and oxygen atoms in total. The number of aromatic nitrogens is 1. The number of hydrogen-bond acceptors (Lipinski definition) is 4. The van der Waals surface area contributed by atoms with Crippen LogP contribution in [-0.2, 0) is 12.8 Å². The minimum absolute atomic E-state index is 0.000761. The van der Waals surface area contributed by atoms with Crippen molar-refractivity contribution in [3.8, 4) is 5.75 Å². The van der Waals surface area contributed by atoms with Crippen molar-refractivity contribution in [3.05, 3.63) is 45.4 Å². The summed E-state index contributed by atoms with van der Waals surface area (Å²) in [5, 5.41) is 9.75. The van der Waals surface area contributed by atoms with E-state index < -0.39 is 17.6 Å². The number of ether oxygens (including phenoxy) is 1. The quantitative estimate of drug-likeness (QED) is 0.671. The zero-order chi connectivity index (χ0) is 15.6. The second-order valence-corrected chi connectivity index (χ2v) is 5.33. The lowest BCUT2D eigenvalue weighted by molar-refractivity contribution is -0.139. The predicted octanol–water partition coefficient (Wildman–Crippen LogP) is 3.33. The third-order valence-corrected chi connectivity index (χ3v) is 3.46. The summed E-state index contributed by atoms with van der Waals surface area (Å²) in [7, 11) is 0. The fourth-order valence-corrected chi connectivity index (χ4v) is 2.27. The molecule has 0 unspecified atom stereocenters. The summed E-state index contributed by atoms with van der Waals surface area (Å²) in [6.45, 7) is 1.75. The Morgan fingerprint density at radius 3 is 2.67 bits per heavy atom. The van der Waals surface area contributed by atoms with Crippen molar-refractivity contribution in [2.24, 2.45) is 5.73 Å². The number of halogens is 3. The second-order valence-electron chi connectivity index (χ2n) is 4.27. The van der Waals surface area contributed by atoms with Crippen molar-refractivity contribution in [1.29, 1.82) is 5.41 Å². The summed E-state index contributed by atoms with van der Waals surface area (Å²) in [4.78, 5) is 4.12. The van der Waals surface area contributed by atoms with Crippen LogP contribution in [0.4, 0.5) is 13.2 Å². The molecule has 1 aromatic heterocycles. The normalized spacial score (nSPS) is 11.4. The van der Waals surface area contributed by atoms with E-state index in [0.717, 1.165) is 11.1 Å². The van der Waals surface area contributed by atoms with Gasteiger partial charge in [0.15, 0.2) is 0 Å². The molecule has 112 valence electrons. The molecule has 0 radical (unpaired) electrons. The predicted molar refractivity (Wildman–Crippen MR) is 73.6 cm³/mol. The maximum Gasteiger partial charge on any atom is 0.419 e. The van der Waals surface area contributed by atoms with Gasteiger partial charge in [-0.2, -0.15) is 13.2 Å². The van der Waals surface area contributed by atoms with Gasteiger partial charge in [0.25, 0.3) is 0 Å². The monoisotopic (exact) mass is 315 g/mol. The van der Waals surface area contributed by atoms with Gasteiger partial charge in [0, 0.05) is 10.9 Å². The molecular formula is C13H12F3N3OS. The highest BCUT2D eigenvalue weighted by molar-refractivity contribution is 7.09. The Kier molecular flexibility index (Phi) is 4.17. The van der Waals surface area contributed by atoms with Crippen LogP contribution < -0.4 is 10.5 Å². The van der Waals surface area contributed by atoms with Gasteiger partial charge in [-0.1, -0.05) is 0 Å². The molecular weight excluding hydrogens is 303 g/mol. The summed E-state index contributed by atoms with van der Waals surface area (Å²) >= 11 is 1.40. The molecule has 0 atom stereocenters. The van der Waals surface area contributed by atoms with E-state index in [1.807, 2.05) is 0 Å². The number of nitrogens with two attached hydrogens (primary N) is 1. The first-order valence-corrected chi connectivity index (χ1v) is 6.75. The smallest absolute Gasteiger partial charge is 0.419 e. The number of nitrogens with zero attached hydrogens (tertiary/aromatic N) is 1. The highest BCUT2D eigenvalue weighted by Gasteiger charge is 2.35. The van der Waals surface area contributed by atoms with E-state index in [-0.39, 0.29) is 17.9 Å². The van der Waals surface area contributed by atoms with Crippen molar-refractivity contribution in [2.45, 2.75) is 19.7 Å². The topological polar surface area (TPSA) is 72.0 Å². The molecule has 3 N–H and O–H groups in total. The first-order valence-electron chi connectivity index (χ1n) is 5.87. The number of rotatable bonds is 4. The molecule has 8 heteroatoms. The molecule has 0 saturated heterocycles. The molecule has 1 heterocycles. The number of hydrogen-bond donors (Lipinski definition) is 2. The van der Waals surface area contributed by atoms with E-state index in [4.69, 9.17) is 15.9 Å². The van der Waals surface area contributed by atoms with Gasteiger partial charge in [0.1, 0.15) is 18.2 Å². The van der Waals surface area contributed by atoms with Gasteiger partial charge in [-0.05, 0) is 25.1 Å². The summed E-state index contributed by atoms with van der Waals surface area (Å²) in [6.07, 6.45) is -4.58. The van der Waals surface area contributed by atoms with Crippen LogP contribution in [0.1, 0.15) is 21.8 Å². The third-order valence-electron chi connectivity index (χ3n) is 2.64. The van der Waals surface area contributed by atoms with E-state index in [1.165, 1.54) is 23.5 Å². The average Bonchev–Trinajstić information content (AvgIpc) is 2.81. The first kappa shape index (κ1) is 15.3. The Labute approximate surface area is 122 Å². The molecule has 0 spiro atoms. The summed E-state index contributed by atoms with van der Waals surface area (Å²) < 4.78 is 44.3. The average molecular weight is 315 g/mol. The van der Waals surface area contributed by atoms with Crippen LogP contribution in [0.25, 0.3) is 0 Å². The Bertz CT molecular complexity index is 667. The highest BCUT2D eigenvalue weighted by atomic mass is 32.1. The molecule has 0 aliphatic rings. The molecule has 0 fully saturated rings. The number of alkyl halides is 3. The fourth-order valence-electron chi connectivity index (χ4n) is 1.67. The van der Waals surface area contributed by atoms with Crippen LogP contribution in [-0.4, -0.2) is 10.8 Å². The van der Waals surface area contributed by atoms with Crippen LogP contribution in [0.3, 0.4) is 0 Å². The Morgan fingerprint density at radius 1 is 1.43 bits per heavy atom. The summed E-state index contributed by atoms with van der Waals surface area (Å²) in [5.74, 6) is -0.736. The molecule has 2 aromatic rings. The molecule has 0 amide bonds. The summed E-state index contributed by atoms with van der Waals surface area (Å²) in [6, 6.07) is 3.29. The van der Waals surface area contributed by atoms with Gasteiger partial charge in [0.2, 0.25) is 0 Å². The van der Waals surface area contributed by atoms with E-state index in [0.29, 0.717) is 5.69 Å². The minimum atomic E-state index is -4.58. The maximum absolute atomic E-state index is 13.0. The molecule has 2 rings (SSSR count). The Balaban J connectivity index is 2.27. The van der Waals surface area contributed by atoms with Gasteiger partial charge in [-0.3, -0.25) is 5.41 Å². The lowest BCUT2D eigenvalue weighted by Crippen LogP contribution is -2.15. The number of nitrogens with one attached hydrogen (secondary N) is 1. The van der Waals surface area contributed by atoms with Crippen LogP contribution >= 0.6 is 11.3 Å². The van der Waals surface area contributed by atoms with Crippen LogP contribution in [0.15, 0.2) is 23.6 Å². The summed E-state index contributed by atoms with van der Waals surface area (Å²) in [5.41, 5.74) is 4.82. The van der Waals surface area contributed by atoms with Gasteiger partial charge >= 0.3 is 6.18 Å². The zero-order valence-corrected chi connectivity index (χ0v) is 11.8. The Hall–Kier alpha value is -2.09. The van der Waals surface area contributed by atoms with Gasteiger partial charge in [-0.15, -0.1) is 11.3 Å². The molecule has 0 aliphatic heterocycles. The maximum atomic E-state index is 13.0.